The Balaban J connectivity index is 1.89. The number of nitrogens with zero attached hydrogens (tertiary/aromatic N) is 1. The summed E-state index contributed by atoms with van der Waals surface area (Å²) in [5.41, 5.74) is 3.25. The number of rotatable bonds is 4. The molecule has 1 aromatic carbocycles. The molecule has 23 heavy (non-hydrogen) atoms. The fraction of sp³-hybridized carbons (Fsp3) is 0.412. The summed E-state index contributed by atoms with van der Waals surface area (Å²) in [5.74, 6) is -0.769. The van der Waals surface area contributed by atoms with E-state index in [-0.39, 0.29) is 12.5 Å². The zero-order valence-electron chi connectivity index (χ0n) is 13.4. The number of aryl methyl sites for hydroxylation is 1. The molecule has 1 aromatic heterocycles. The first kappa shape index (κ1) is 15.6. The van der Waals surface area contributed by atoms with Crippen molar-refractivity contribution in [1.29, 1.82) is 0 Å². The molecule has 0 radical (unpaired) electrons. The molecule has 1 aliphatic heterocycles. The topological polar surface area (TPSA) is 74.4 Å². The second kappa shape index (κ2) is 6.42. The Bertz CT molecular complexity index is 738. The average molecular weight is 315 g/mol. The van der Waals surface area contributed by atoms with Gasteiger partial charge in [-0.05, 0) is 31.5 Å². The molecule has 3 rings (SSSR count). The number of piperazine rings is 1. The minimum atomic E-state index is -0.876. The van der Waals surface area contributed by atoms with Gasteiger partial charge >= 0.3 is 5.97 Å². The zero-order valence-corrected chi connectivity index (χ0v) is 13.4. The van der Waals surface area contributed by atoms with Crippen molar-refractivity contribution < 1.29 is 14.3 Å². The second-order valence-electron chi connectivity index (χ2n) is 5.75. The van der Waals surface area contributed by atoms with E-state index in [9.17, 15) is 9.59 Å². The monoisotopic (exact) mass is 315 g/mol. The van der Waals surface area contributed by atoms with Crippen LogP contribution < -0.4 is 5.32 Å². The smallest absolute Gasteiger partial charge is 0.333 e. The molecule has 2 heterocycles. The maximum Gasteiger partial charge on any atom is 0.333 e. The highest BCUT2D eigenvalue weighted by atomic mass is 16.5. The molecule has 0 aliphatic carbocycles. The number of aromatic amines is 1. The molecular formula is C17H21N3O3. The molecule has 1 saturated heterocycles. The number of carbonyl (C=O) groups excluding carboxylic acids is 2. The van der Waals surface area contributed by atoms with E-state index in [4.69, 9.17) is 4.74 Å². The third-order valence-electron chi connectivity index (χ3n) is 4.08. The van der Waals surface area contributed by atoms with Crippen LogP contribution in [-0.2, 0) is 20.9 Å². The first-order valence-electron chi connectivity index (χ1n) is 7.85. The van der Waals surface area contributed by atoms with Gasteiger partial charge in [-0.3, -0.25) is 9.69 Å². The van der Waals surface area contributed by atoms with E-state index in [2.05, 4.69) is 16.4 Å². The number of benzene rings is 1. The van der Waals surface area contributed by atoms with Crippen LogP contribution in [0.5, 0.6) is 0 Å². The van der Waals surface area contributed by atoms with Crippen molar-refractivity contribution in [3.8, 4) is 0 Å². The van der Waals surface area contributed by atoms with Crippen LogP contribution in [0.15, 0.2) is 24.3 Å². The lowest BCUT2D eigenvalue weighted by Gasteiger charge is -2.33. The highest BCUT2D eigenvalue weighted by Gasteiger charge is 2.37. The SMILES string of the molecule is CCOC(=O)C1C(=O)NCCN1Cc1cccc2[nH]c(C)cc12. The van der Waals surface area contributed by atoms with E-state index < -0.39 is 12.0 Å². The lowest BCUT2D eigenvalue weighted by Crippen LogP contribution is -2.58. The molecule has 1 atom stereocenters. The van der Waals surface area contributed by atoms with E-state index in [1.54, 1.807) is 6.92 Å². The maximum atomic E-state index is 12.1. The van der Waals surface area contributed by atoms with Gasteiger partial charge in [-0.2, -0.15) is 0 Å². The molecule has 6 heteroatoms. The molecule has 2 aromatic rings. The van der Waals surface area contributed by atoms with Gasteiger partial charge in [-0.25, -0.2) is 4.79 Å². The van der Waals surface area contributed by atoms with E-state index in [0.717, 1.165) is 22.2 Å². The molecule has 122 valence electrons. The average Bonchev–Trinajstić information content (AvgIpc) is 2.89. The number of esters is 1. The van der Waals surface area contributed by atoms with Crippen molar-refractivity contribution in [2.75, 3.05) is 19.7 Å². The highest BCUT2D eigenvalue weighted by Crippen LogP contribution is 2.22. The number of fused-ring (bicyclic) bond motifs is 1. The molecule has 0 saturated carbocycles. The van der Waals surface area contributed by atoms with Gasteiger partial charge in [0.05, 0.1) is 6.61 Å². The Hall–Kier alpha value is -2.34. The van der Waals surface area contributed by atoms with Crippen molar-refractivity contribution in [2.45, 2.75) is 26.4 Å². The van der Waals surface area contributed by atoms with Gasteiger partial charge in [0, 0.05) is 36.2 Å². The van der Waals surface area contributed by atoms with Crippen molar-refractivity contribution in [3.05, 3.63) is 35.5 Å². The van der Waals surface area contributed by atoms with Gasteiger partial charge in [0.2, 0.25) is 5.91 Å². The summed E-state index contributed by atoms with van der Waals surface area (Å²) < 4.78 is 5.06. The first-order chi connectivity index (χ1) is 11.1. The molecule has 0 bridgehead atoms. The van der Waals surface area contributed by atoms with Crippen LogP contribution in [0, 0.1) is 6.92 Å². The summed E-state index contributed by atoms with van der Waals surface area (Å²) in [4.78, 5) is 29.5. The van der Waals surface area contributed by atoms with E-state index >= 15 is 0 Å². The van der Waals surface area contributed by atoms with Gasteiger partial charge in [-0.15, -0.1) is 0 Å². The molecule has 6 nitrogen and oxygen atoms in total. The van der Waals surface area contributed by atoms with Gasteiger partial charge < -0.3 is 15.0 Å². The number of H-pyrrole nitrogens is 1. The summed E-state index contributed by atoms with van der Waals surface area (Å²) in [6.07, 6.45) is 0. The summed E-state index contributed by atoms with van der Waals surface area (Å²) in [7, 11) is 0. The third-order valence-corrected chi connectivity index (χ3v) is 4.08. The Labute approximate surface area is 134 Å². The fourth-order valence-corrected chi connectivity index (χ4v) is 3.08. The molecule has 1 fully saturated rings. The largest absolute Gasteiger partial charge is 0.464 e. The quantitative estimate of drug-likeness (QED) is 0.659. The summed E-state index contributed by atoms with van der Waals surface area (Å²) >= 11 is 0. The number of nitrogens with one attached hydrogen (secondary N) is 2. The van der Waals surface area contributed by atoms with Crippen molar-refractivity contribution in [2.24, 2.45) is 0 Å². The van der Waals surface area contributed by atoms with Crippen LogP contribution in [0.25, 0.3) is 10.9 Å². The van der Waals surface area contributed by atoms with Gasteiger partial charge in [-0.1, -0.05) is 12.1 Å². The number of hydrogen-bond acceptors (Lipinski definition) is 4. The number of carbonyl (C=O) groups is 2. The molecule has 1 amide bonds. The third kappa shape index (κ3) is 3.07. The van der Waals surface area contributed by atoms with Gasteiger partial charge in [0.15, 0.2) is 6.04 Å². The predicted molar refractivity (Wildman–Crippen MR) is 86.9 cm³/mol. The highest BCUT2D eigenvalue weighted by molar-refractivity contribution is 6.02. The molecule has 0 spiro atoms. The molecular weight excluding hydrogens is 294 g/mol. The van der Waals surface area contributed by atoms with Crippen LogP contribution in [-0.4, -0.2) is 47.5 Å². The summed E-state index contributed by atoms with van der Waals surface area (Å²) in [5, 5.41) is 3.86. The van der Waals surface area contributed by atoms with Crippen LogP contribution >= 0.6 is 0 Å². The zero-order chi connectivity index (χ0) is 16.4. The van der Waals surface area contributed by atoms with E-state index in [0.29, 0.717) is 19.6 Å². The van der Waals surface area contributed by atoms with Gasteiger partial charge in [0.1, 0.15) is 0 Å². The van der Waals surface area contributed by atoms with E-state index in [1.165, 1.54) is 0 Å². The Morgan fingerprint density at radius 1 is 1.43 bits per heavy atom. The normalized spacial score (nSPS) is 18.9. The minimum Gasteiger partial charge on any atom is -0.464 e. The number of aromatic nitrogens is 1. The van der Waals surface area contributed by atoms with Crippen molar-refractivity contribution in [1.82, 2.24) is 15.2 Å². The minimum absolute atomic E-state index is 0.267. The summed E-state index contributed by atoms with van der Waals surface area (Å²) in [6.45, 7) is 5.71. The lowest BCUT2D eigenvalue weighted by molar-refractivity contribution is -0.155. The lowest BCUT2D eigenvalue weighted by atomic mass is 10.1. The molecule has 1 unspecified atom stereocenters. The number of ether oxygens (including phenoxy) is 1. The fourth-order valence-electron chi connectivity index (χ4n) is 3.08. The van der Waals surface area contributed by atoms with Crippen molar-refractivity contribution in [3.63, 3.8) is 0 Å². The summed E-state index contributed by atoms with van der Waals surface area (Å²) in [6, 6.07) is 7.26. The van der Waals surface area contributed by atoms with E-state index in [1.807, 2.05) is 30.0 Å². The Morgan fingerprint density at radius 2 is 2.26 bits per heavy atom. The predicted octanol–water partition coefficient (Wildman–Crippen LogP) is 1.34. The van der Waals surface area contributed by atoms with Gasteiger partial charge in [0.25, 0.3) is 0 Å². The maximum absolute atomic E-state index is 12.1. The van der Waals surface area contributed by atoms with Crippen LogP contribution in [0.2, 0.25) is 0 Å². The molecule has 1 aliphatic rings. The van der Waals surface area contributed by atoms with Crippen molar-refractivity contribution >= 4 is 22.8 Å². The van der Waals surface area contributed by atoms with Crippen LogP contribution in [0.4, 0.5) is 0 Å². The Morgan fingerprint density at radius 3 is 3.04 bits per heavy atom. The number of hydrogen-bond donors (Lipinski definition) is 2. The van der Waals surface area contributed by atoms with Crippen LogP contribution in [0.1, 0.15) is 18.2 Å². The van der Waals surface area contributed by atoms with Crippen LogP contribution in [0.3, 0.4) is 0 Å². The number of amides is 1. The molecule has 2 N–H and O–H groups in total. The second-order valence-corrected chi connectivity index (χ2v) is 5.75. The standard InChI is InChI=1S/C17H21N3O3/c1-3-23-17(22)15-16(21)18-7-8-20(15)10-12-5-4-6-14-13(12)9-11(2)19-14/h4-6,9,15,19H,3,7-8,10H2,1-2H3,(H,18,21). The Kier molecular flexibility index (Phi) is 4.34. The first-order valence-corrected chi connectivity index (χ1v) is 7.85.